The molecule has 0 heterocycles. The van der Waals surface area contributed by atoms with Crippen LogP contribution in [0.5, 0.6) is 0 Å². The topological polar surface area (TPSA) is 105 Å². The first-order valence-corrected chi connectivity index (χ1v) is 2.28. The molecule has 0 aromatic carbocycles. The van der Waals surface area contributed by atoms with Gasteiger partial charge in [-0.15, -0.1) is 18.8 Å². The van der Waals surface area contributed by atoms with Gasteiger partial charge >= 0.3 is 0 Å². The van der Waals surface area contributed by atoms with Gasteiger partial charge in [0.15, 0.2) is 17.4 Å². The minimum atomic E-state index is 0. The van der Waals surface area contributed by atoms with Crippen molar-refractivity contribution in [2.45, 2.75) is 0 Å². The molecule has 12 heavy (non-hydrogen) atoms. The predicted molar refractivity (Wildman–Crippen MR) is 55.1 cm³/mol. The van der Waals surface area contributed by atoms with Crippen molar-refractivity contribution in [2.24, 2.45) is 4.99 Å². The Balaban J connectivity index is -0.0000000457. The normalized spacial score (nSPS) is 7.33. The van der Waals surface area contributed by atoms with Crippen LogP contribution in [0.2, 0.25) is 0 Å². The molecule has 0 saturated carbocycles. The van der Waals surface area contributed by atoms with Crippen LogP contribution in [0.4, 0.5) is 0 Å². The van der Waals surface area contributed by atoms with Crippen LogP contribution in [-0.4, -0.2) is 36.3 Å². The summed E-state index contributed by atoms with van der Waals surface area (Å²) in [5.74, 6) is 0. The fourth-order valence-electron chi connectivity index (χ4n) is 0.0764. The zero-order valence-electron chi connectivity index (χ0n) is 5.94. The second kappa shape index (κ2) is 31.3. The Morgan fingerprint density at radius 1 is 1.17 bits per heavy atom. The molecular weight excluding hydrogens is 222 g/mol. The third-order valence-electron chi connectivity index (χ3n) is 0.323. The van der Waals surface area contributed by atoms with Gasteiger partial charge in [0, 0.05) is 19.5 Å². The van der Waals surface area contributed by atoms with Crippen molar-refractivity contribution >= 4 is 36.3 Å². The number of nitrogens with zero attached hydrogens (tertiary/aromatic N) is 3. The summed E-state index contributed by atoms with van der Waals surface area (Å²) in [7, 11) is 0. The van der Waals surface area contributed by atoms with Gasteiger partial charge in [0.05, 0.1) is 0 Å². The van der Waals surface area contributed by atoms with E-state index in [1.807, 2.05) is 0 Å². The summed E-state index contributed by atoms with van der Waals surface area (Å²) < 4.78 is 0. The molecule has 0 rings (SSSR count). The minimum absolute atomic E-state index is 0. The molecule has 0 amide bonds. The van der Waals surface area contributed by atoms with E-state index in [4.69, 9.17) is 22.3 Å². The van der Waals surface area contributed by atoms with Crippen molar-refractivity contribution in [3.63, 3.8) is 0 Å². The van der Waals surface area contributed by atoms with Gasteiger partial charge in [-0.25, -0.2) is 0 Å². The first kappa shape index (κ1) is 22.5. The van der Waals surface area contributed by atoms with E-state index in [2.05, 4.69) is 4.99 Å². The Morgan fingerprint density at radius 2 is 1.67 bits per heavy atom. The van der Waals surface area contributed by atoms with E-state index >= 15 is 0 Å². The van der Waals surface area contributed by atoms with Crippen LogP contribution in [0.1, 0.15) is 0 Å². The average molecular weight is 233 g/mol. The van der Waals surface area contributed by atoms with E-state index < -0.39 is 0 Å². The number of nitrogens with one attached hydrogen (secondary N) is 2. The van der Waals surface area contributed by atoms with Gasteiger partial charge in [-0.2, -0.15) is 12.4 Å². The molecule has 0 aliphatic carbocycles. The van der Waals surface area contributed by atoms with Crippen LogP contribution in [0.25, 0.3) is 22.3 Å². The first-order chi connectivity index (χ1) is 4.83. The maximum absolute atomic E-state index is 7.73. The smallest absolute Gasteiger partial charge is 0.187 e. The van der Waals surface area contributed by atoms with Crippen LogP contribution in [0.3, 0.4) is 0 Å². The zero-order valence-corrected chi connectivity index (χ0v) is 8.90. The number of hydrogen-bond donors (Lipinski definition) is 0. The Labute approximate surface area is 95.2 Å². The Kier molecular flexibility index (Phi) is 58.8. The van der Waals surface area contributed by atoms with Gasteiger partial charge < -0.3 is 27.3 Å². The van der Waals surface area contributed by atoms with Crippen LogP contribution >= 0.6 is 0 Å². The summed E-state index contributed by atoms with van der Waals surface area (Å²) >= 11 is 0. The quantitative estimate of drug-likeness (QED) is 0.379. The Hall–Kier alpha value is -0.494. The fraction of sp³-hybridized carbons (Fsp3) is 0. The number of aliphatic imine (C=N–C) groups is 1. The van der Waals surface area contributed by atoms with E-state index in [9.17, 15) is 0 Å². The van der Waals surface area contributed by atoms with Gasteiger partial charge in [0.1, 0.15) is 0 Å². The van der Waals surface area contributed by atoms with Crippen molar-refractivity contribution in [1.82, 2.24) is 0 Å². The van der Waals surface area contributed by atoms with E-state index in [1.54, 1.807) is 0 Å². The summed E-state index contributed by atoms with van der Waals surface area (Å²) in [6.07, 6.45) is 4.35. The zero-order chi connectivity index (χ0) is 8.24. The molecule has 0 aliphatic heterocycles. The third-order valence-corrected chi connectivity index (χ3v) is 0.323. The molecule has 0 spiro atoms. The van der Waals surface area contributed by atoms with Crippen LogP contribution in [0.15, 0.2) is 17.3 Å². The Bertz CT molecular complexity index is 120. The van der Waals surface area contributed by atoms with Gasteiger partial charge in [-0.05, 0) is 0 Å². The molecule has 0 unspecified atom stereocenters. The summed E-state index contributed by atoms with van der Waals surface area (Å²) in [4.78, 5) is 2.94. The molecule has 64 valence electrons. The van der Waals surface area contributed by atoms with Gasteiger partial charge in [0.2, 0.25) is 0 Å². The van der Waals surface area contributed by atoms with Gasteiger partial charge in [-0.1, -0.05) is 0 Å². The number of hydrogen-bond acceptors (Lipinski definition) is 0. The van der Waals surface area contributed by atoms with E-state index in [-0.39, 0.29) is 36.8 Å². The molecule has 0 aromatic rings. The molecule has 0 radical (unpaired) electrons. The molecule has 0 aliphatic rings. The molecule has 5 nitrogen and oxygen atoms in total. The number of allylic oxidation sites excluding steroid dienone is 1. The second-order valence-corrected chi connectivity index (χ2v) is 0.902. The molecule has 0 bridgehead atoms. The number of rotatable bonds is 2. The molecule has 0 aromatic heterocycles. The van der Waals surface area contributed by atoms with E-state index in [0.29, 0.717) is 6.34 Å². The minimum Gasteiger partial charge on any atom is -0.811 e. The second-order valence-electron chi connectivity index (χ2n) is 0.902. The molecule has 0 saturated heterocycles. The van der Waals surface area contributed by atoms with Crippen molar-refractivity contribution < 1.29 is 19.5 Å². The van der Waals surface area contributed by atoms with Crippen molar-refractivity contribution in [3.05, 3.63) is 34.6 Å². The average Bonchev–Trinajstić information content (AvgIpc) is 1.93. The maximum atomic E-state index is 7.73. The molecule has 2 N–H and O–H groups in total. The van der Waals surface area contributed by atoms with E-state index in [1.165, 1.54) is 6.08 Å². The maximum Gasteiger partial charge on any atom is 0.187 e. The summed E-state index contributed by atoms with van der Waals surface area (Å²) in [5, 5.41) is 15.4. The standard InChI is InChI=1S/C3H4N2.C2H3N3.Al.Zn.3H/c4-2-1-3-5;3-1-5-2-4;;;;;/h1-4H;1-2H,(H-2,3,4,5);;;;;/q2*-2;;;;;. The molecule has 0 fully saturated rings. The van der Waals surface area contributed by atoms with Crippen LogP contribution in [-0.2, 0) is 19.5 Å². The van der Waals surface area contributed by atoms with Crippen molar-refractivity contribution in [3.8, 4) is 0 Å². The molecule has 0 atom stereocenters. The fourth-order valence-corrected chi connectivity index (χ4v) is 0.0764. The largest absolute Gasteiger partial charge is 0.811 e. The van der Waals surface area contributed by atoms with Crippen molar-refractivity contribution in [1.29, 1.82) is 0 Å². The van der Waals surface area contributed by atoms with Crippen molar-refractivity contribution in [2.75, 3.05) is 0 Å². The van der Waals surface area contributed by atoms with Crippen LogP contribution < -0.4 is 0 Å². The molecule has 7 heteroatoms. The first-order valence-electron chi connectivity index (χ1n) is 2.28. The van der Waals surface area contributed by atoms with E-state index in [0.717, 1.165) is 18.8 Å². The SMILES string of the molecule is [AlH3].[N-]=CC=C[NH-].[N-]=CN=C[NH-].[Zn]. The summed E-state index contributed by atoms with van der Waals surface area (Å²) in [6.45, 7) is 0. The van der Waals surface area contributed by atoms with Gasteiger partial charge in [-0.3, -0.25) is 0 Å². The summed E-state index contributed by atoms with van der Waals surface area (Å²) in [5.41, 5.74) is 12.4. The summed E-state index contributed by atoms with van der Waals surface area (Å²) in [6, 6.07) is 0. The monoisotopic (exact) mass is 231 g/mol. The predicted octanol–water partition coefficient (Wildman–Crippen LogP) is 0.671. The Morgan fingerprint density at radius 3 is 1.67 bits per heavy atom. The molecular formula is C5H10AlN5Zn-4. The van der Waals surface area contributed by atoms with Crippen LogP contribution in [0, 0.1) is 0 Å². The van der Waals surface area contributed by atoms with Gasteiger partial charge in [0.25, 0.3) is 0 Å². The third kappa shape index (κ3) is 56.0.